The summed E-state index contributed by atoms with van der Waals surface area (Å²) in [6, 6.07) is 23.0. The fourth-order valence-electron chi connectivity index (χ4n) is 3.00. The number of hydrogen-bond donors (Lipinski definition) is 2. The second-order valence-electron chi connectivity index (χ2n) is 7.90. The van der Waals surface area contributed by atoms with E-state index in [1.165, 1.54) is 0 Å². The van der Waals surface area contributed by atoms with Gasteiger partial charge in [0.1, 0.15) is 32.8 Å². The van der Waals surface area contributed by atoms with Crippen LogP contribution >= 0.6 is 34.8 Å². The van der Waals surface area contributed by atoms with Gasteiger partial charge in [0.05, 0.1) is 14.2 Å². The molecule has 0 aliphatic carbocycles. The van der Waals surface area contributed by atoms with E-state index in [0.29, 0.717) is 28.5 Å². The largest absolute Gasteiger partial charge is 0.497 e. The van der Waals surface area contributed by atoms with Gasteiger partial charge in [0.15, 0.2) is 0 Å². The van der Waals surface area contributed by atoms with Crippen LogP contribution < -0.4 is 20.5 Å². The molecule has 4 rings (SSSR count). The fourth-order valence-corrected chi connectivity index (χ4v) is 3.83. The van der Waals surface area contributed by atoms with Gasteiger partial charge in [0, 0.05) is 13.1 Å². The number of aryl methyl sites for hydroxylation is 2. The molecule has 0 fully saturated rings. The van der Waals surface area contributed by atoms with E-state index >= 15 is 0 Å². The van der Waals surface area contributed by atoms with E-state index in [1.807, 2.05) is 74.5 Å². The maximum absolute atomic E-state index is 5.90. The van der Waals surface area contributed by atoms with Crippen LogP contribution in [-0.4, -0.2) is 24.2 Å². The summed E-state index contributed by atoms with van der Waals surface area (Å²) in [6.45, 7) is 5.20. The van der Waals surface area contributed by atoms with Crippen molar-refractivity contribution in [2.24, 2.45) is 5.73 Å². The zero-order valence-electron chi connectivity index (χ0n) is 21.3. The first-order valence-corrected chi connectivity index (χ1v) is 12.5. The molecule has 9 heteroatoms. The highest BCUT2D eigenvalue weighted by atomic mass is 35.5. The molecule has 0 aliphatic rings. The molecule has 2 aromatic carbocycles. The molecular weight excluding hydrogens is 543 g/mol. The molecule has 0 bridgehead atoms. The summed E-state index contributed by atoms with van der Waals surface area (Å²) in [6.07, 6.45) is 0. The molecule has 3 N–H and O–H groups in total. The maximum Gasteiger partial charge on any atom is 0.131 e. The average Bonchev–Trinajstić information content (AvgIpc) is 2.87. The molecule has 0 aliphatic heterocycles. The quantitative estimate of drug-likeness (QED) is 0.225. The van der Waals surface area contributed by atoms with E-state index in [4.69, 9.17) is 50.0 Å². The Morgan fingerprint density at radius 1 is 0.684 bits per heavy atom. The first-order chi connectivity index (χ1) is 17.7. The number of ether oxygens (including phenoxy) is 2. The lowest BCUT2D eigenvalue weighted by Gasteiger charge is -2.07. The van der Waals surface area contributed by atoms with E-state index in [2.05, 4.69) is 15.3 Å². The molecule has 204 valence electrons. The molecule has 0 amide bonds. The molecule has 6 nitrogen and oxygen atoms in total. The van der Waals surface area contributed by atoms with Gasteiger partial charge in [-0.05, 0) is 84.6 Å². The van der Waals surface area contributed by atoms with Crippen LogP contribution in [0.5, 0.6) is 11.5 Å². The topological polar surface area (TPSA) is 82.3 Å². The summed E-state index contributed by atoms with van der Waals surface area (Å²) in [7, 11) is 3.31. The average molecular weight is 578 g/mol. The minimum atomic E-state index is 0. The van der Waals surface area contributed by atoms with Crippen molar-refractivity contribution in [3.63, 3.8) is 0 Å². The van der Waals surface area contributed by atoms with Crippen molar-refractivity contribution in [1.29, 1.82) is 0 Å². The molecule has 0 saturated heterocycles. The van der Waals surface area contributed by atoms with E-state index in [9.17, 15) is 0 Å². The van der Waals surface area contributed by atoms with E-state index in [0.717, 1.165) is 39.6 Å². The Bertz CT molecular complexity index is 1140. The minimum absolute atomic E-state index is 0. The zero-order chi connectivity index (χ0) is 27.2. The number of hydrogen-bond acceptors (Lipinski definition) is 6. The van der Waals surface area contributed by atoms with Crippen molar-refractivity contribution < 1.29 is 9.47 Å². The van der Waals surface area contributed by atoms with Crippen LogP contribution in [0.3, 0.4) is 0 Å². The number of aromatic nitrogens is 2. The van der Waals surface area contributed by atoms with Crippen molar-refractivity contribution in [3.8, 4) is 11.5 Å². The van der Waals surface area contributed by atoms with E-state index in [-0.39, 0.29) is 7.43 Å². The Kier molecular flexibility index (Phi) is 15.2. The number of anilines is 1. The molecule has 4 aromatic rings. The lowest BCUT2D eigenvalue weighted by Crippen LogP contribution is -2.01. The van der Waals surface area contributed by atoms with Crippen molar-refractivity contribution >= 4 is 40.6 Å². The summed E-state index contributed by atoms with van der Waals surface area (Å²) in [5.41, 5.74) is 9.81. The maximum atomic E-state index is 5.90. The first-order valence-electron chi connectivity index (χ1n) is 11.4. The Hall–Kier alpha value is -3.03. The Balaban J connectivity index is 0.000000307. The third-order valence-corrected chi connectivity index (χ3v) is 5.45. The van der Waals surface area contributed by atoms with Crippen LogP contribution in [0.15, 0.2) is 72.8 Å². The van der Waals surface area contributed by atoms with E-state index in [1.54, 1.807) is 26.4 Å². The minimum Gasteiger partial charge on any atom is -0.497 e. The molecule has 0 saturated carbocycles. The van der Waals surface area contributed by atoms with E-state index < -0.39 is 0 Å². The number of halogens is 3. The molecular formula is C29H35Cl3N4O2. The SMILES string of the molecule is C.COc1ccc(CN)cc1.COc1ccc(CNc2cc(C)cc(Cl)n2)cc1.Cc1cc(Cl)nc(Cl)c1. The van der Waals surface area contributed by atoms with Gasteiger partial charge in [-0.3, -0.25) is 0 Å². The van der Waals surface area contributed by atoms with Gasteiger partial charge in [-0.15, -0.1) is 0 Å². The van der Waals surface area contributed by atoms with Crippen LogP contribution in [0.1, 0.15) is 29.7 Å². The Morgan fingerprint density at radius 3 is 1.50 bits per heavy atom. The van der Waals surface area contributed by atoms with Gasteiger partial charge >= 0.3 is 0 Å². The van der Waals surface area contributed by atoms with Crippen molar-refractivity contribution in [1.82, 2.24) is 9.97 Å². The number of nitrogens with zero attached hydrogens (tertiary/aromatic N) is 2. The lowest BCUT2D eigenvalue weighted by atomic mass is 10.2. The Labute approximate surface area is 241 Å². The van der Waals surface area contributed by atoms with Gasteiger partial charge < -0.3 is 20.5 Å². The van der Waals surface area contributed by atoms with Crippen LogP contribution in [0.2, 0.25) is 15.5 Å². The zero-order valence-corrected chi connectivity index (χ0v) is 23.5. The summed E-state index contributed by atoms with van der Waals surface area (Å²) >= 11 is 17.0. The highest BCUT2D eigenvalue weighted by molar-refractivity contribution is 6.32. The molecule has 0 atom stereocenters. The van der Waals surface area contributed by atoms with Crippen molar-refractivity contribution in [3.05, 3.63) is 111 Å². The molecule has 38 heavy (non-hydrogen) atoms. The molecule has 0 unspecified atom stereocenters. The Morgan fingerprint density at radius 2 is 1.11 bits per heavy atom. The second-order valence-corrected chi connectivity index (χ2v) is 9.06. The smallest absolute Gasteiger partial charge is 0.131 e. The summed E-state index contributed by atoms with van der Waals surface area (Å²) in [4.78, 5) is 7.98. The lowest BCUT2D eigenvalue weighted by molar-refractivity contribution is 0.414. The second kappa shape index (κ2) is 17.5. The van der Waals surface area contributed by atoms with Crippen LogP contribution in [0.4, 0.5) is 5.82 Å². The standard InChI is InChI=1S/C14H15ClN2O.C8H11NO.C6H5Cl2N.CH4/c1-10-7-13(15)17-14(8-10)16-9-11-3-5-12(18-2)6-4-11;1-10-8-4-2-7(6-9)3-5-8;1-4-2-5(7)9-6(8)3-4;/h3-8H,9H2,1-2H3,(H,16,17);2-5H,6,9H2,1H3;2-3H,1H3;1H4. The number of rotatable bonds is 6. The van der Waals surface area contributed by atoms with Crippen LogP contribution in [0, 0.1) is 13.8 Å². The number of benzene rings is 2. The third kappa shape index (κ3) is 12.5. The van der Waals surface area contributed by atoms with Gasteiger partial charge in [0.25, 0.3) is 0 Å². The predicted octanol–water partition coefficient (Wildman–Crippen LogP) is 8.15. The number of pyridine rings is 2. The van der Waals surface area contributed by atoms with Crippen molar-refractivity contribution in [2.45, 2.75) is 34.4 Å². The highest BCUT2D eigenvalue weighted by Gasteiger charge is 1.99. The third-order valence-electron chi connectivity index (χ3n) is 4.87. The number of methoxy groups -OCH3 is 2. The number of nitrogens with two attached hydrogens (primary N) is 1. The number of nitrogens with one attached hydrogen (secondary N) is 1. The monoisotopic (exact) mass is 576 g/mol. The predicted molar refractivity (Wildman–Crippen MR) is 161 cm³/mol. The van der Waals surface area contributed by atoms with Gasteiger partial charge in [-0.1, -0.05) is 66.5 Å². The first kappa shape index (κ1) is 33.0. The summed E-state index contributed by atoms with van der Waals surface area (Å²) < 4.78 is 10.1. The van der Waals surface area contributed by atoms with Gasteiger partial charge in [-0.2, -0.15) is 0 Å². The highest BCUT2D eigenvalue weighted by Crippen LogP contribution is 2.16. The van der Waals surface area contributed by atoms with Crippen LogP contribution in [-0.2, 0) is 13.1 Å². The normalized spacial score (nSPS) is 9.58. The summed E-state index contributed by atoms with van der Waals surface area (Å²) in [5, 5.41) is 4.64. The fraction of sp³-hybridized carbons (Fsp3) is 0.241. The van der Waals surface area contributed by atoms with Crippen LogP contribution in [0.25, 0.3) is 0 Å². The molecule has 2 heterocycles. The van der Waals surface area contributed by atoms with Gasteiger partial charge in [0.2, 0.25) is 0 Å². The molecule has 0 radical (unpaired) electrons. The van der Waals surface area contributed by atoms with Crippen molar-refractivity contribution in [2.75, 3.05) is 19.5 Å². The molecule has 0 spiro atoms. The summed E-state index contributed by atoms with van der Waals surface area (Å²) in [5.74, 6) is 2.52. The molecule has 2 aromatic heterocycles. The van der Waals surface area contributed by atoms with Gasteiger partial charge in [-0.25, -0.2) is 9.97 Å².